The number of aliphatic carboxylic acids is 1. The van der Waals surface area contributed by atoms with Gasteiger partial charge in [0, 0.05) is 22.9 Å². The van der Waals surface area contributed by atoms with Crippen LogP contribution in [0.1, 0.15) is 39.5 Å². The van der Waals surface area contributed by atoms with Crippen molar-refractivity contribution < 1.29 is 14.6 Å². The molecule has 0 aliphatic carbocycles. The lowest BCUT2D eigenvalue weighted by Gasteiger charge is -2.34. The van der Waals surface area contributed by atoms with Gasteiger partial charge in [0.15, 0.2) is 0 Å². The van der Waals surface area contributed by atoms with Crippen molar-refractivity contribution in [3.05, 3.63) is 42.5 Å². The molecular weight excluding hydrogens is 414 g/mol. The molecule has 2 aromatic rings. The topological polar surface area (TPSA) is 49.8 Å². The first kappa shape index (κ1) is 22.9. The number of carbonyl (C=O) groups is 1. The van der Waals surface area contributed by atoms with Gasteiger partial charge < -0.3 is 14.7 Å². The first-order valence-electron chi connectivity index (χ1n) is 10.5. The molecule has 1 unspecified atom stereocenters. The molecular formula is C24H31NO3S2. The number of thioether (sulfide) groups is 2. The molecule has 1 aliphatic heterocycles. The molecule has 0 fully saturated rings. The number of fused-ring (bicyclic) bond motifs is 1. The minimum absolute atomic E-state index is 0.00325. The van der Waals surface area contributed by atoms with Crippen LogP contribution in [0.4, 0.5) is 11.4 Å². The molecule has 1 N–H and O–H groups in total. The van der Waals surface area contributed by atoms with Crippen LogP contribution in [0.25, 0.3) is 0 Å². The second-order valence-corrected chi connectivity index (χ2v) is 9.95. The number of anilines is 2. The molecule has 0 saturated carbocycles. The summed E-state index contributed by atoms with van der Waals surface area (Å²) >= 11 is 3.53. The lowest BCUT2D eigenvalue weighted by atomic mass is 9.86. The van der Waals surface area contributed by atoms with Crippen LogP contribution in [-0.2, 0) is 4.79 Å². The van der Waals surface area contributed by atoms with Crippen LogP contribution in [0.2, 0.25) is 0 Å². The standard InChI is InChI=1S/C24H31NO3S2/c1-4-5-12-24(2)16-25(18-9-7-6-8-10-18)19-14-22(29-3)20(15-21(19)30-17-24)28-13-11-23(26)27/h6-10,14-15H,4-5,11-13,16-17H2,1-3H3,(H,26,27). The summed E-state index contributed by atoms with van der Waals surface area (Å²) in [6.07, 6.45) is 5.68. The number of hydrogen-bond acceptors (Lipinski definition) is 5. The Kier molecular flexibility index (Phi) is 8.00. The largest absolute Gasteiger partial charge is 0.492 e. The minimum atomic E-state index is -0.841. The number of nitrogens with zero attached hydrogens (tertiary/aromatic N) is 1. The Hall–Kier alpha value is -1.79. The number of benzene rings is 2. The normalized spacial score (nSPS) is 18.6. The first-order chi connectivity index (χ1) is 14.5. The van der Waals surface area contributed by atoms with E-state index in [1.165, 1.54) is 35.5 Å². The number of ether oxygens (including phenoxy) is 1. The molecule has 1 aliphatic rings. The Balaban J connectivity index is 2.00. The summed E-state index contributed by atoms with van der Waals surface area (Å²) < 4.78 is 5.87. The summed E-state index contributed by atoms with van der Waals surface area (Å²) in [6.45, 7) is 5.81. The number of carboxylic acid groups (broad SMARTS) is 1. The van der Waals surface area contributed by atoms with E-state index in [-0.39, 0.29) is 18.4 Å². The van der Waals surface area contributed by atoms with E-state index >= 15 is 0 Å². The fraction of sp³-hybridized carbons (Fsp3) is 0.458. The van der Waals surface area contributed by atoms with Crippen molar-refractivity contribution in [3.8, 4) is 5.75 Å². The van der Waals surface area contributed by atoms with Crippen molar-refractivity contribution >= 4 is 40.9 Å². The quantitative estimate of drug-likeness (QED) is 0.433. The molecule has 0 aromatic heterocycles. The van der Waals surface area contributed by atoms with Gasteiger partial charge in [-0.3, -0.25) is 4.79 Å². The molecule has 1 heterocycles. The maximum atomic E-state index is 10.9. The van der Waals surface area contributed by atoms with Gasteiger partial charge in [0.1, 0.15) is 5.75 Å². The van der Waals surface area contributed by atoms with Gasteiger partial charge in [-0.1, -0.05) is 44.9 Å². The third-order valence-corrected chi connectivity index (χ3v) is 7.67. The zero-order chi connectivity index (χ0) is 21.6. The van der Waals surface area contributed by atoms with Gasteiger partial charge in [-0.15, -0.1) is 23.5 Å². The van der Waals surface area contributed by atoms with Gasteiger partial charge in [0.25, 0.3) is 0 Å². The van der Waals surface area contributed by atoms with Crippen molar-refractivity contribution in [1.29, 1.82) is 0 Å². The van der Waals surface area contributed by atoms with Crippen molar-refractivity contribution in [2.24, 2.45) is 5.41 Å². The minimum Gasteiger partial charge on any atom is -0.492 e. The van der Waals surface area contributed by atoms with E-state index in [4.69, 9.17) is 9.84 Å². The Labute approximate surface area is 188 Å². The number of hydrogen-bond donors (Lipinski definition) is 1. The number of unbranched alkanes of at least 4 members (excludes halogenated alkanes) is 1. The molecule has 2 aromatic carbocycles. The van der Waals surface area contributed by atoms with Gasteiger partial charge in [0.05, 0.1) is 23.6 Å². The second-order valence-electron chi connectivity index (χ2n) is 8.09. The van der Waals surface area contributed by atoms with Crippen LogP contribution in [0, 0.1) is 5.41 Å². The zero-order valence-corrected chi connectivity index (χ0v) is 19.7. The molecule has 1 atom stereocenters. The highest BCUT2D eigenvalue weighted by Gasteiger charge is 2.33. The molecule has 0 radical (unpaired) electrons. The monoisotopic (exact) mass is 445 g/mol. The second kappa shape index (κ2) is 10.5. The van der Waals surface area contributed by atoms with Gasteiger partial charge in [-0.2, -0.15) is 0 Å². The Morgan fingerprint density at radius 3 is 2.73 bits per heavy atom. The van der Waals surface area contributed by atoms with Crippen LogP contribution in [-0.4, -0.2) is 36.2 Å². The van der Waals surface area contributed by atoms with Crippen LogP contribution >= 0.6 is 23.5 Å². The van der Waals surface area contributed by atoms with Crippen LogP contribution in [0.3, 0.4) is 0 Å². The molecule has 0 bridgehead atoms. The molecule has 0 spiro atoms. The van der Waals surface area contributed by atoms with E-state index < -0.39 is 5.97 Å². The average molecular weight is 446 g/mol. The summed E-state index contributed by atoms with van der Waals surface area (Å²) in [5.41, 5.74) is 2.62. The van der Waals surface area contributed by atoms with Crippen molar-refractivity contribution in [2.75, 3.05) is 30.1 Å². The molecule has 4 nitrogen and oxygen atoms in total. The Bertz CT molecular complexity index is 859. The highest BCUT2D eigenvalue weighted by atomic mass is 32.2. The van der Waals surface area contributed by atoms with Crippen molar-refractivity contribution in [2.45, 2.75) is 49.3 Å². The maximum absolute atomic E-state index is 10.9. The first-order valence-corrected chi connectivity index (χ1v) is 12.7. The van der Waals surface area contributed by atoms with E-state index in [0.29, 0.717) is 0 Å². The van der Waals surface area contributed by atoms with Gasteiger partial charge >= 0.3 is 5.97 Å². The SMILES string of the molecule is CCCCC1(C)CSc2cc(OCCC(=O)O)c(SC)cc2N(c2ccccc2)C1. The summed E-state index contributed by atoms with van der Waals surface area (Å²) in [4.78, 5) is 15.6. The molecule has 0 saturated heterocycles. The summed E-state index contributed by atoms with van der Waals surface area (Å²) in [7, 11) is 0. The van der Waals surface area contributed by atoms with E-state index in [1.54, 1.807) is 11.8 Å². The third-order valence-electron chi connectivity index (χ3n) is 5.43. The van der Waals surface area contributed by atoms with E-state index in [0.717, 1.165) is 22.9 Å². The highest BCUT2D eigenvalue weighted by molar-refractivity contribution is 7.99. The smallest absolute Gasteiger partial charge is 0.306 e. The molecule has 30 heavy (non-hydrogen) atoms. The Morgan fingerprint density at radius 1 is 1.30 bits per heavy atom. The van der Waals surface area contributed by atoms with Crippen LogP contribution in [0.5, 0.6) is 5.75 Å². The van der Waals surface area contributed by atoms with Gasteiger partial charge in [0.2, 0.25) is 0 Å². The lowest BCUT2D eigenvalue weighted by molar-refractivity contribution is -0.137. The molecule has 3 rings (SSSR count). The zero-order valence-electron chi connectivity index (χ0n) is 18.0. The van der Waals surface area contributed by atoms with E-state index in [1.807, 2.05) is 18.0 Å². The summed E-state index contributed by atoms with van der Waals surface area (Å²) in [5, 5.41) is 8.94. The van der Waals surface area contributed by atoms with Crippen LogP contribution < -0.4 is 9.64 Å². The highest BCUT2D eigenvalue weighted by Crippen LogP contribution is 2.48. The number of carboxylic acids is 1. The van der Waals surface area contributed by atoms with Gasteiger partial charge in [-0.05, 0) is 42.4 Å². The third kappa shape index (κ3) is 5.67. The van der Waals surface area contributed by atoms with E-state index in [2.05, 4.69) is 61.2 Å². The Morgan fingerprint density at radius 2 is 2.07 bits per heavy atom. The number of rotatable bonds is 9. The van der Waals surface area contributed by atoms with E-state index in [9.17, 15) is 4.79 Å². The summed E-state index contributed by atoms with van der Waals surface area (Å²) in [6, 6.07) is 14.9. The molecule has 162 valence electrons. The van der Waals surface area contributed by atoms with Crippen molar-refractivity contribution in [3.63, 3.8) is 0 Å². The maximum Gasteiger partial charge on any atom is 0.306 e. The number of para-hydroxylation sites is 1. The predicted octanol–water partition coefficient (Wildman–Crippen LogP) is 6.70. The molecule has 6 heteroatoms. The van der Waals surface area contributed by atoms with Crippen LogP contribution in [0.15, 0.2) is 52.3 Å². The lowest BCUT2D eigenvalue weighted by Crippen LogP contribution is -2.33. The summed E-state index contributed by atoms with van der Waals surface area (Å²) in [5.74, 6) is 0.989. The fourth-order valence-corrected chi connectivity index (χ4v) is 5.53. The van der Waals surface area contributed by atoms with Crippen molar-refractivity contribution in [1.82, 2.24) is 0 Å². The van der Waals surface area contributed by atoms with Gasteiger partial charge in [-0.25, -0.2) is 0 Å². The molecule has 0 amide bonds. The fourth-order valence-electron chi connectivity index (χ4n) is 3.74. The predicted molar refractivity (Wildman–Crippen MR) is 128 cm³/mol. The average Bonchev–Trinajstić information content (AvgIpc) is 2.89.